The number of aromatic carboxylic acids is 1. The molecule has 5 nitrogen and oxygen atoms in total. The fourth-order valence-electron chi connectivity index (χ4n) is 1.85. The van der Waals surface area contributed by atoms with Gasteiger partial charge in [0.15, 0.2) is 0 Å². The Balaban J connectivity index is 2.08. The molecule has 0 radical (unpaired) electrons. The summed E-state index contributed by atoms with van der Waals surface area (Å²) in [5, 5.41) is 12.0. The number of hydrogen-bond acceptors (Lipinski definition) is 2. The molecule has 2 N–H and O–H groups in total. The van der Waals surface area contributed by atoms with Crippen molar-refractivity contribution in [3.05, 3.63) is 29.8 Å². The van der Waals surface area contributed by atoms with Crippen LogP contribution in [0.1, 0.15) is 30.1 Å². The molecule has 0 bridgehead atoms. The van der Waals surface area contributed by atoms with Crippen LogP contribution in [0.5, 0.6) is 0 Å². The fourth-order valence-corrected chi connectivity index (χ4v) is 1.85. The Hall–Kier alpha value is -2.04. The zero-order chi connectivity index (χ0) is 14.0. The maximum atomic E-state index is 12.0. The van der Waals surface area contributed by atoms with Gasteiger partial charge >= 0.3 is 12.0 Å². The van der Waals surface area contributed by atoms with E-state index < -0.39 is 5.97 Å². The molecule has 0 aromatic heterocycles. The predicted molar refractivity (Wildman–Crippen MR) is 72.5 cm³/mol. The molecule has 0 saturated heterocycles. The number of rotatable bonds is 4. The molecule has 5 heteroatoms. The molecule has 0 unspecified atom stereocenters. The van der Waals surface area contributed by atoms with E-state index in [0.29, 0.717) is 12.2 Å². The van der Waals surface area contributed by atoms with Gasteiger partial charge in [-0.2, -0.15) is 0 Å². The van der Waals surface area contributed by atoms with Crippen LogP contribution in [0.15, 0.2) is 24.3 Å². The summed E-state index contributed by atoms with van der Waals surface area (Å²) in [6, 6.07) is 6.20. The highest BCUT2D eigenvalue weighted by Gasteiger charge is 2.37. The molecule has 1 aromatic carbocycles. The van der Waals surface area contributed by atoms with E-state index in [2.05, 4.69) is 12.2 Å². The number of anilines is 1. The monoisotopic (exact) mass is 262 g/mol. The molecule has 2 amide bonds. The van der Waals surface area contributed by atoms with Crippen molar-refractivity contribution in [2.24, 2.45) is 5.41 Å². The van der Waals surface area contributed by atoms with Crippen molar-refractivity contribution in [3.63, 3.8) is 0 Å². The zero-order valence-corrected chi connectivity index (χ0v) is 11.1. The maximum Gasteiger partial charge on any atom is 0.337 e. The molecule has 1 saturated carbocycles. The van der Waals surface area contributed by atoms with Gasteiger partial charge in [-0.1, -0.05) is 19.1 Å². The molecule has 1 aliphatic carbocycles. The van der Waals surface area contributed by atoms with E-state index in [9.17, 15) is 9.59 Å². The normalized spacial score (nSPS) is 15.7. The van der Waals surface area contributed by atoms with Crippen molar-refractivity contribution in [2.45, 2.75) is 19.8 Å². The second-order valence-corrected chi connectivity index (χ2v) is 5.35. The summed E-state index contributed by atoms with van der Waals surface area (Å²) in [5.74, 6) is -1.04. The number of urea groups is 1. The minimum atomic E-state index is -1.04. The minimum Gasteiger partial charge on any atom is -0.478 e. The summed E-state index contributed by atoms with van der Waals surface area (Å²) < 4.78 is 0. The lowest BCUT2D eigenvalue weighted by atomic mass is 10.1. The molecule has 0 atom stereocenters. The number of benzene rings is 1. The quantitative estimate of drug-likeness (QED) is 0.875. The number of hydrogen-bond donors (Lipinski definition) is 2. The molecule has 2 rings (SSSR count). The molecule has 1 fully saturated rings. The molecule has 0 heterocycles. The molecular weight excluding hydrogens is 244 g/mol. The Kier molecular flexibility index (Phi) is 3.46. The van der Waals surface area contributed by atoms with Crippen LogP contribution in [0.25, 0.3) is 0 Å². The lowest BCUT2D eigenvalue weighted by Crippen LogP contribution is -2.40. The van der Waals surface area contributed by atoms with Gasteiger partial charge in [0.2, 0.25) is 0 Å². The predicted octanol–water partition coefficient (Wildman–Crippen LogP) is 2.33. The van der Waals surface area contributed by atoms with E-state index in [4.69, 9.17) is 5.11 Å². The smallest absolute Gasteiger partial charge is 0.337 e. The van der Waals surface area contributed by atoms with Crippen molar-refractivity contribution in [1.82, 2.24) is 5.32 Å². The van der Waals surface area contributed by atoms with Crippen LogP contribution in [0, 0.1) is 5.41 Å². The Bertz CT molecular complexity index is 509. The fraction of sp³-hybridized carbons (Fsp3) is 0.429. The van der Waals surface area contributed by atoms with Gasteiger partial charge in [-0.15, -0.1) is 0 Å². The van der Waals surface area contributed by atoms with Gasteiger partial charge in [-0.25, -0.2) is 9.59 Å². The van der Waals surface area contributed by atoms with Crippen molar-refractivity contribution in [1.29, 1.82) is 0 Å². The maximum absolute atomic E-state index is 12.0. The van der Waals surface area contributed by atoms with Gasteiger partial charge in [-0.05, 0) is 30.4 Å². The topological polar surface area (TPSA) is 69.6 Å². The highest BCUT2D eigenvalue weighted by molar-refractivity contribution is 6.01. The highest BCUT2D eigenvalue weighted by atomic mass is 16.4. The van der Waals surface area contributed by atoms with Crippen LogP contribution in [0.4, 0.5) is 10.5 Å². The number of amides is 2. The number of carbonyl (C=O) groups excluding carboxylic acids is 1. The van der Waals surface area contributed by atoms with Gasteiger partial charge in [0.25, 0.3) is 0 Å². The number of nitrogens with one attached hydrogen (secondary N) is 1. The van der Waals surface area contributed by atoms with Crippen molar-refractivity contribution in [2.75, 3.05) is 18.5 Å². The molecule has 1 aliphatic rings. The van der Waals surface area contributed by atoms with E-state index in [1.54, 1.807) is 25.2 Å². The lowest BCUT2D eigenvalue weighted by Gasteiger charge is -2.21. The van der Waals surface area contributed by atoms with Gasteiger partial charge in [0.1, 0.15) is 0 Å². The first-order valence-electron chi connectivity index (χ1n) is 6.27. The Morgan fingerprint density at radius 2 is 2.00 bits per heavy atom. The van der Waals surface area contributed by atoms with Crippen LogP contribution < -0.4 is 10.2 Å². The number of carbonyl (C=O) groups is 2. The van der Waals surface area contributed by atoms with Gasteiger partial charge in [-0.3, -0.25) is 4.90 Å². The average Bonchev–Trinajstić information content (AvgIpc) is 3.13. The minimum absolute atomic E-state index is 0.123. The summed E-state index contributed by atoms with van der Waals surface area (Å²) in [7, 11) is 1.58. The average molecular weight is 262 g/mol. The van der Waals surface area contributed by atoms with Gasteiger partial charge in [0.05, 0.1) is 11.3 Å². The summed E-state index contributed by atoms with van der Waals surface area (Å²) in [6.07, 6.45) is 2.26. The molecule has 102 valence electrons. The van der Waals surface area contributed by atoms with Gasteiger partial charge < -0.3 is 10.4 Å². The van der Waals surface area contributed by atoms with Crippen molar-refractivity contribution < 1.29 is 14.7 Å². The second-order valence-electron chi connectivity index (χ2n) is 5.35. The molecule has 0 aliphatic heterocycles. The largest absolute Gasteiger partial charge is 0.478 e. The van der Waals surface area contributed by atoms with Crippen LogP contribution in [0.3, 0.4) is 0 Å². The third-order valence-electron chi connectivity index (χ3n) is 3.57. The molecule has 19 heavy (non-hydrogen) atoms. The number of para-hydroxylation sites is 1. The standard InChI is InChI=1S/C14H18N2O3/c1-14(7-8-14)9-15-13(19)16(2)11-6-4-3-5-10(11)12(17)18/h3-6H,7-9H2,1-2H3,(H,15,19)(H,17,18). The second kappa shape index (κ2) is 4.91. The highest BCUT2D eigenvalue weighted by Crippen LogP contribution is 2.44. The molecule has 0 spiro atoms. The first-order valence-corrected chi connectivity index (χ1v) is 6.27. The van der Waals surface area contributed by atoms with Crippen molar-refractivity contribution in [3.8, 4) is 0 Å². The van der Waals surface area contributed by atoms with E-state index in [1.165, 1.54) is 11.0 Å². The van der Waals surface area contributed by atoms with Gasteiger partial charge in [0, 0.05) is 13.6 Å². The van der Waals surface area contributed by atoms with E-state index in [0.717, 1.165) is 12.8 Å². The number of nitrogens with zero attached hydrogens (tertiary/aromatic N) is 1. The SMILES string of the molecule is CN(C(=O)NCC1(C)CC1)c1ccccc1C(=O)O. The summed E-state index contributed by atoms with van der Waals surface area (Å²) in [4.78, 5) is 24.5. The van der Waals surface area contributed by atoms with Crippen LogP contribution >= 0.6 is 0 Å². The van der Waals surface area contributed by atoms with E-state index >= 15 is 0 Å². The Morgan fingerprint density at radius 3 is 2.58 bits per heavy atom. The van der Waals surface area contributed by atoms with Crippen LogP contribution in [0.2, 0.25) is 0 Å². The summed E-state index contributed by atoms with van der Waals surface area (Å²) in [5.41, 5.74) is 0.745. The third kappa shape index (κ3) is 3.05. The van der Waals surface area contributed by atoms with E-state index in [-0.39, 0.29) is 17.0 Å². The number of carboxylic acids is 1. The molecule has 1 aromatic rings. The third-order valence-corrected chi connectivity index (χ3v) is 3.57. The first kappa shape index (κ1) is 13.4. The number of carboxylic acid groups (broad SMARTS) is 1. The summed E-state index contributed by atoms with van der Waals surface area (Å²) in [6.45, 7) is 2.75. The van der Waals surface area contributed by atoms with Crippen LogP contribution in [-0.4, -0.2) is 30.7 Å². The Labute approximate surface area is 112 Å². The first-order chi connectivity index (χ1) is 8.93. The zero-order valence-electron chi connectivity index (χ0n) is 11.1. The Morgan fingerprint density at radius 1 is 1.37 bits per heavy atom. The lowest BCUT2D eigenvalue weighted by molar-refractivity contribution is 0.0697. The van der Waals surface area contributed by atoms with E-state index in [1.807, 2.05) is 0 Å². The van der Waals surface area contributed by atoms with Crippen molar-refractivity contribution >= 4 is 17.7 Å². The summed E-state index contributed by atoms with van der Waals surface area (Å²) >= 11 is 0. The molecular formula is C14H18N2O3. The van der Waals surface area contributed by atoms with Crippen LogP contribution in [-0.2, 0) is 0 Å².